The fourth-order valence-corrected chi connectivity index (χ4v) is 3.01. The molecule has 1 N–H and O–H groups in total. The minimum Gasteiger partial charge on any atom is -0.310 e. The molecule has 110 valence electrons. The van der Waals surface area contributed by atoms with Crippen molar-refractivity contribution in [2.24, 2.45) is 5.92 Å². The van der Waals surface area contributed by atoms with E-state index in [0.717, 1.165) is 18.0 Å². The van der Waals surface area contributed by atoms with E-state index >= 15 is 0 Å². The van der Waals surface area contributed by atoms with Crippen LogP contribution in [-0.4, -0.2) is 11.5 Å². The van der Waals surface area contributed by atoms with Crippen molar-refractivity contribution in [1.82, 2.24) is 5.32 Å². The Bertz CT molecular complexity index is 425. The number of nitro benzene ring substituents is 1. The number of hydrogen-bond donors (Lipinski definition) is 1. The maximum Gasteiger partial charge on any atom is 0.269 e. The van der Waals surface area contributed by atoms with Gasteiger partial charge in [0.1, 0.15) is 0 Å². The van der Waals surface area contributed by atoms with E-state index in [4.69, 9.17) is 0 Å². The van der Waals surface area contributed by atoms with E-state index in [1.165, 1.54) is 38.5 Å². The van der Waals surface area contributed by atoms with E-state index in [9.17, 15) is 10.1 Å². The van der Waals surface area contributed by atoms with E-state index in [0.29, 0.717) is 0 Å². The summed E-state index contributed by atoms with van der Waals surface area (Å²) < 4.78 is 0. The van der Waals surface area contributed by atoms with Gasteiger partial charge in [0.15, 0.2) is 0 Å². The quantitative estimate of drug-likeness (QED) is 0.461. The first-order chi connectivity index (χ1) is 9.66. The monoisotopic (exact) mass is 276 g/mol. The van der Waals surface area contributed by atoms with E-state index in [2.05, 4.69) is 12.2 Å². The first-order valence-corrected chi connectivity index (χ1v) is 7.64. The fourth-order valence-electron chi connectivity index (χ4n) is 3.01. The smallest absolute Gasteiger partial charge is 0.269 e. The van der Waals surface area contributed by atoms with Gasteiger partial charge in [-0.25, -0.2) is 0 Å². The second-order valence-electron chi connectivity index (χ2n) is 5.82. The molecule has 1 atom stereocenters. The lowest BCUT2D eigenvalue weighted by atomic mass is 10.0. The SMILES string of the molecule is CC(NCCCC1CCCC1)c1ccc([N+](=O)[O-])cc1. The number of benzene rings is 1. The molecule has 4 heteroatoms. The summed E-state index contributed by atoms with van der Waals surface area (Å²) in [6.07, 6.45) is 8.21. The van der Waals surface area contributed by atoms with Crippen LogP contribution < -0.4 is 5.32 Å². The average molecular weight is 276 g/mol. The Hall–Kier alpha value is -1.42. The number of nitro groups is 1. The first kappa shape index (κ1) is 15.0. The number of hydrogen-bond acceptors (Lipinski definition) is 3. The number of non-ortho nitro benzene ring substituents is 1. The Kier molecular flexibility index (Phi) is 5.53. The molecular formula is C16H24N2O2. The molecule has 1 aliphatic carbocycles. The summed E-state index contributed by atoms with van der Waals surface area (Å²) in [5, 5.41) is 14.1. The third-order valence-electron chi connectivity index (χ3n) is 4.32. The minimum atomic E-state index is -0.358. The van der Waals surface area contributed by atoms with E-state index in [-0.39, 0.29) is 16.7 Å². The summed E-state index contributed by atoms with van der Waals surface area (Å²) in [5.74, 6) is 0.950. The lowest BCUT2D eigenvalue weighted by Gasteiger charge is -2.15. The molecule has 0 amide bonds. The van der Waals surface area contributed by atoms with Gasteiger partial charge >= 0.3 is 0 Å². The Morgan fingerprint density at radius 1 is 1.30 bits per heavy atom. The maximum atomic E-state index is 10.6. The Morgan fingerprint density at radius 3 is 2.55 bits per heavy atom. The fraction of sp³-hybridized carbons (Fsp3) is 0.625. The summed E-state index contributed by atoms with van der Waals surface area (Å²) >= 11 is 0. The molecule has 1 aliphatic rings. The molecule has 1 saturated carbocycles. The normalized spacial score (nSPS) is 17.2. The molecule has 0 aliphatic heterocycles. The minimum absolute atomic E-state index is 0.155. The predicted octanol–water partition coefficient (Wildman–Crippen LogP) is 4.22. The highest BCUT2D eigenvalue weighted by Crippen LogP contribution is 2.28. The van der Waals surface area contributed by atoms with Crippen LogP contribution in [0.4, 0.5) is 5.69 Å². The van der Waals surface area contributed by atoms with Gasteiger partial charge in [0.05, 0.1) is 4.92 Å². The molecule has 0 saturated heterocycles. The maximum absolute atomic E-state index is 10.6. The molecule has 1 unspecified atom stereocenters. The van der Waals surface area contributed by atoms with Crippen LogP contribution in [0.2, 0.25) is 0 Å². The molecule has 1 fully saturated rings. The molecule has 2 rings (SSSR count). The number of rotatable bonds is 7. The molecule has 1 aromatic carbocycles. The Balaban J connectivity index is 1.70. The van der Waals surface area contributed by atoms with Gasteiger partial charge in [-0.3, -0.25) is 10.1 Å². The molecule has 1 aromatic rings. The van der Waals surface area contributed by atoms with Crippen LogP contribution in [0.5, 0.6) is 0 Å². The summed E-state index contributed by atoms with van der Waals surface area (Å²) in [4.78, 5) is 10.3. The summed E-state index contributed by atoms with van der Waals surface area (Å²) in [6.45, 7) is 3.13. The van der Waals surface area contributed by atoms with Gasteiger partial charge in [-0.1, -0.05) is 37.8 Å². The van der Waals surface area contributed by atoms with Crippen molar-refractivity contribution >= 4 is 5.69 Å². The van der Waals surface area contributed by atoms with Crippen molar-refractivity contribution in [2.75, 3.05) is 6.54 Å². The lowest BCUT2D eigenvalue weighted by molar-refractivity contribution is -0.384. The lowest BCUT2D eigenvalue weighted by Crippen LogP contribution is -2.20. The van der Waals surface area contributed by atoms with Gasteiger partial charge in [0.2, 0.25) is 0 Å². The molecule has 0 spiro atoms. The van der Waals surface area contributed by atoms with Gasteiger partial charge in [-0.15, -0.1) is 0 Å². The summed E-state index contributed by atoms with van der Waals surface area (Å²) in [6, 6.07) is 7.08. The highest BCUT2D eigenvalue weighted by Gasteiger charge is 2.14. The molecule has 20 heavy (non-hydrogen) atoms. The zero-order valence-corrected chi connectivity index (χ0v) is 12.2. The zero-order valence-electron chi connectivity index (χ0n) is 12.2. The molecule has 0 aromatic heterocycles. The van der Waals surface area contributed by atoms with Gasteiger partial charge in [0, 0.05) is 18.2 Å². The molecule has 0 radical (unpaired) electrons. The Morgan fingerprint density at radius 2 is 1.95 bits per heavy atom. The van der Waals surface area contributed by atoms with Gasteiger partial charge in [-0.2, -0.15) is 0 Å². The van der Waals surface area contributed by atoms with Gasteiger partial charge in [-0.05, 0) is 37.8 Å². The highest BCUT2D eigenvalue weighted by atomic mass is 16.6. The van der Waals surface area contributed by atoms with Crippen LogP contribution >= 0.6 is 0 Å². The number of nitrogens with one attached hydrogen (secondary N) is 1. The zero-order chi connectivity index (χ0) is 14.4. The van der Waals surface area contributed by atoms with E-state index < -0.39 is 0 Å². The van der Waals surface area contributed by atoms with Crippen molar-refractivity contribution in [2.45, 2.75) is 51.5 Å². The molecule has 4 nitrogen and oxygen atoms in total. The second-order valence-corrected chi connectivity index (χ2v) is 5.82. The van der Waals surface area contributed by atoms with Crippen molar-refractivity contribution in [3.63, 3.8) is 0 Å². The van der Waals surface area contributed by atoms with Crippen LogP contribution in [0.3, 0.4) is 0 Å². The van der Waals surface area contributed by atoms with Crippen LogP contribution in [-0.2, 0) is 0 Å². The average Bonchev–Trinajstić information content (AvgIpc) is 2.96. The third-order valence-corrected chi connectivity index (χ3v) is 4.32. The molecular weight excluding hydrogens is 252 g/mol. The van der Waals surface area contributed by atoms with Crippen molar-refractivity contribution in [3.8, 4) is 0 Å². The van der Waals surface area contributed by atoms with Crippen molar-refractivity contribution in [3.05, 3.63) is 39.9 Å². The van der Waals surface area contributed by atoms with Crippen LogP contribution in [0.1, 0.15) is 57.1 Å². The summed E-state index contributed by atoms with van der Waals surface area (Å²) in [5.41, 5.74) is 1.26. The van der Waals surface area contributed by atoms with Gasteiger partial charge < -0.3 is 5.32 Å². The largest absolute Gasteiger partial charge is 0.310 e. The van der Waals surface area contributed by atoms with Crippen LogP contribution in [0, 0.1) is 16.0 Å². The standard InChI is InChI=1S/C16H24N2O2/c1-13(15-8-10-16(11-9-15)18(19)20)17-12-4-7-14-5-2-3-6-14/h8-11,13-14,17H,2-7,12H2,1H3. The predicted molar refractivity (Wildman–Crippen MR) is 80.7 cm³/mol. The second kappa shape index (κ2) is 7.39. The van der Waals surface area contributed by atoms with Crippen LogP contribution in [0.25, 0.3) is 0 Å². The van der Waals surface area contributed by atoms with Crippen LogP contribution in [0.15, 0.2) is 24.3 Å². The van der Waals surface area contributed by atoms with Crippen molar-refractivity contribution in [1.29, 1.82) is 0 Å². The van der Waals surface area contributed by atoms with Gasteiger partial charge in [0.25, 0.3) is 5.69 Å². The topological polar surface area (TPSA) is 55.2 Å². The molecule has 0 heterocycles. The van der Waals surface area contributed by atoms with E-state index in [1.807, 2.05) is 12.1 Å². The third kappa shape index (κ3) is 4.30. The Labute approximate surface area is 120 Å². The number of nitrogens with zero attached hydrogens (tertiary/aromatic N) is 1. The van der Waals surface area contributed by atoms with Crippen molar-refractivity contribution < 1.29 is 4.92 Å². The summed E-state index contributed by atoms with van der Waals surface area (Å²) in [7, 11) is 0. The first-order valence-electron chi connectivity index (χ1n) is 7.64. The molecule has 0 bridgehead atoms. The van der Waals surface area contributed by atoms with E-state index in [1.54, 1.807) is 12.1 Å². The highest BCUT2D eigenvalue weighted by molar-refractivity contribution is 5.33.